The standard InChI is InChI=1S/C23H21N3O3S/c1-14(21-25-26-22(29-21)19-12-7-13-30-19)28-23(27)20-15-8-3-2-4-10-17(15)24-18-11-6-5-9-16(18)20/h5-7,9,11-14H,2-4,8,10H2,1H3. The summed E-state index contributed by atoms with van der Waals surface area (Å²) < 4.78 is 11.6. The molecular weight excluding hydrogens is 398 g/mol. The third-order valence-electron chi connectivity index (χ3n) is 5.43. The Morgan fingerprint density at radius 2 is 1.97 bits per heavy atom. The maximum absolute atomic E-state index is 13.3. The van der Waals surface area contributed by atoms with Gasteiger partial charge in [0.2, 0.25) is 0 Å². The van der Waals surface area contributed by atoms with E-state index in [9.17, 15) is 4.79 Å². The number of nitrogens with zero attached hydrogens (tertiary/aromatic N) is 3. The fraction of sp³-hybridized carbons (Fsp3) is 0.304. The van der Waals surface area contributed by atoms with Crippen LogP contribution in [0.5, 0.6) is 0 Å². The molecule has 0 fully saturated rings. The number of thiophene rings is 1. The second-order valence-electron chi connectivity index (χ2n) is 7.46. The van der Waals surface area contributed by atoms with Gasteiger partial charge in [0.25, 0.3) is 11.8 Å². The van der Waals surface area contributed by atoms with Gasteiger partial charge in [0.15, 0.2) is 6.10 Å². The highest BCUT2D eigenvalue weighted by molar-refractivity contribution is 7.13. The van der Waals surface area contributed by atoms with E-state index >= 15 is 0 Å². The van der Waals surface area contributed by atoms with Gasteiger partial charge in [-0.2, -0.15) is 0 Å². The lowest BCUT2D eigenvalue weighted by Gasteiger charge is -2.16. The number of carbonyl (C=O) groups is 1. The van der Waals surface area contributed by atoms with Crippen LogP contribution in [-0.4, -0.2) is 21.2 Å². The minimum absolute atomic E-state index is 0.288. The summed E-state index contributed by atoms with van der Waals surface area (Å²) in [7, 11) is 0. The second kappa shape index (κ2) is 7.99. The number of pyridine rings is 1. The van der Waals surface area contributed by atoms with Gasteiger partial charge in [0.05, 0.1) is 16.0 Å². The van der Waals surface area contributed by atoms with Crippen LogP contribution in [0.25, 0.3) is 21.7 Å². The summed E-state index contributed by atoms with van der Waals surface area (Å²) in [6.45, 7) is 1.76. The number of fused-ring (bicyclic) bond motifs is 2. The van der Waals surface area contributed by atoms with Crippen molar-refractivity contribution in [2.24, 2.45) is 0 Å². The number of esters is 1. The molecule has 1 aliphatic carbocycles. The van der Waals surface area contributed by atoms with Gasteiger partial charge in [0, 0.05) is 11.1 Å². The number of para-hydroxylation sites is 1. The fourth-order valence-electron chi connectivity index (χ4n) is 3.95. The van der Waals surface area contributed by atoms with Crippen molar-refractivity contribution in [3.63, 3.8) is 0 Å². The Morgan fingerprint density at radius 1 is 1.10 bits per heavy atom. The molecule has 0 aliphatic heterocycles. The first-order valence-electron chi connectivity index (χ1n) is 10.2. The summed E-state index contributed by atoms with van der Waals surface area (Å²) in [5, 5.41) is 10.9. The van der Waals surface area contributed by atoms with E-state index in [1.165, 1.54) is 11.3 Å². The van der Waals surface area contributed by atoms with Crippen molar-refractivity contribution in [3.8, 4) is 10.8 Å². The zero-order valence-electron chi connectivity index (χ0n) is 16.6. The molecule has 1 unspecified atom stereocenters. The Labute approximate surface area is 177 Å². The predicted molar refractivity (Wildman–Crippen MR) is 114 cm³/mol. The van der Waals surface area contributed by atoms with Gasteiger partial charge in [-0.15, -0.1) is 21.5 Å². The molecule has 30 heavy (non-hydrogen) atoms. The van der Waals surface area contributed by atoms with Crippen LogP contribution in [0.2, 0.25) is 0 Å². The number of hydrogen-bond donors (Lipinski definition) is 0. The Morgan fingerprint density at radius 3 is 2.83 bits per heavy atom. The SMILES string of the molecule is CC(OC(=O)c1c2c(nc3ccccc13)CCCCC2)c1nnc(-c2cccs2)o1. The molecule has 3 heterocycles. The van der Waals surface area contributed by atoms with Gasteiger partial charge < -0.3 is 9.15 Å². The van der Waals surface area contributed by atoms with Crippen LogP contribution < -0.4 is 0 Å². The zero-order chi connectivity index (χ0) is 20.5. The van der Waals surface area contributed by atoms with Crippen LogP contribution in [0, 0.1) is 0 Å². The Bertz CT molecular complexity index is 1200. The molecule has 1 aliphatic rings. The molecule has 0 saturated heterocycles. The number of carbonyl (C=O) groups excluding carboxylic acids is 1. The van der Waals surface area contributed by atoms with Crippen molar-refractivity contribution in [1.82, 2.24) is 15.2 Å². The number of ether oxygens (including phenoxy) is 1. The third-order valence-corrected chi connectivity index (χ3v) is 6.29. The summed E-state index contributed by atoms with van der Waals surface area (Å²) in [5.41, 5.74) is 3.50. The van der Waals surface area contributed by atoms with Crippen LogP contribution in [0.3, 0.4) is 0 Å². The van der Waals surface area contributed by atoms with Crippen molar-refractivity contribution in [2.45, 2.75) is 45.1 Å². The van der Waals surface area contributed by atoms with Gasteiger partial charge >= 0.3 is 5.97 Å². The minimum Gasteiger partial charge on any atom is -0.449 e. The second-order valence-corrected chi connectivity index (χ2v) is 8.41. The average molecular weight is 420 g/mol. The predicted octanol–water partition coefficient (Wildman–Crippen LogP) is 5.53. The van der Waals surface area contributed by atoms with Gasteiger partial charge in [-0.1, -0.05) is 30.7 Å². The molecule has 0 bridgehead atoms. The summed E-state index contributed by atoms with van der Waals surface area (Å²) in [6, 6.07) is 11.6. The molecule has 1 aromatic carbocycles. The molecule has 0 N–H and O–H groups in total. The van der Waals surface area contributed by atoms with E-state index in [0.29, 0.717) is 11.5 Å². The summed E-state index contributed by atoms with van der Waals surface area (Å²) in [4.78, 5) is 19.1. The van der Waals surface area contributed by atoms with Gasteiger partial charge in [0.1, 0.15) is 0 Å². The lowest BCUT2D eigenvalue weighted by molar-refractivity contribution is 0.0281. The monoisotopic (exact) mass is 419 g/mol. The van der Waals surface area contributed by atoms with E-state index in [1.54, 1.807) is 6.92 Å². The molecule has 1 atom stereocenters. The van der Waals surface area contributed by atoms with E-state index in [0.717, 1.165) is 59.1 Å². The van der Waals surface area contributed by atoms with E-state index < -0.39 is 6.10 Å². The zero-order valence-corrected chi connectivity index (χ0v) is 17.4. The van der Waals surface area contributed by atoms with Crippen LogP contribution >= 0.6 is 11.3 Å². The normalized spacial score (nSPS) is 14.8. The third kappa shape index (κ3) is 3.50. The number of rotatable bonds is 4. The molecular formula is C23H21N3O3S. The summed E-state index contributed by atoms with van der Waals surface area (Å²) in [6.07, 6.45) is 4.38. The van der Waals surface area contributed by atoms with Crippen molar-refractivity contribution in [2.75, 3.05) is 0 Å². The molecule has 5 rings (SSSR count). The number of benzene rings is 1. The smallest absolute Gasteiger partial charge is 0.339 e. The molecule has 0 saturated carbocycles. The van der Waals surface area contributed by atoms with Gasteiger partial charge in [-0.05, 0) is 55.7 Å². The summed E-state index contributed by atoms with van der Waals surface area (Å²) in [5.74, 6) is 0.359. The number of aromatic nitrogens is 3. The molecule has 6 nitrogen and oxygen atoms in total. The minimum atomic E-state index is -0.646. The lowest BCUT2D eigenvalue weighted by Crippen LogP contribution is -2.14. The Balaban J connectivity index is 1.48. The molecule has 4 aromatic rings. The van der Waals surface area contributed by atoms with E-state index in [4.69, 9.17) is 14.1 Å². The highest BCUT2D eigenvalue weighted by Crippen LogP contribution is 2.31. The first-order chi connectivity index (χ1) is 14.7. The van der Waals surface area contributed by atoms with Crippen LogP contribution in [0.15, 0.2) is 46.2 Å². The largest absolute Gasteiger partial charge is 0.449 e. The maximum atomic E-state index is 13.3. The summed E-state index contributed by atoms with van der Waals surface area (Å²) >= 11 is 1.52. The topological polar surface area (TPSA) is 78.1 Å². The molecule has 152 valence electrons. The van der Waals surface area contributed by atoms with Crippen LogP contribution in [0.1, 0.15) is 59.8 Å². The van der Waals surface area contributed by atoms with Gasteiger partial charge in [-0.25, -0.2) is 4.79 Å². The number of hydrogen-bond acceptors (Lipinski definition) is 7. The van der Waals surface area contributed by atoms with E-state index in [2.05, 4.69) is 10.2 Å². The Hall–Kier alpha value is -3.06. The molecule has 0 amide bonds. The lowest BCUT2D eigenvalue weighted by atomic mass is 9.97. The maximum Gasteiger partial charge on any atom is 0.339 e. The molecule has 0 radical (unpaired) electrons. The van der Waals surface area contributed by atoms with Crippen molar-refractivity contribution < 1.29 is 13.9 Å². The molecule has 3 aromatic heterocycles. The first kappa shape index (κ1) is 18.9. The van der Waals surface area contributed by atoms with Gasteiger partial charge in [-0.3, -0.25) is 4.98 Å². The van der Waals surface area contributed by atoms with E-state index in [1.807, 2.05) is 41.8 Å². The van der Waals surface area contributed by atoms with Crippen molar-refractivity contribution in [1.29, 1.82) is 0 Å². The fourth-order valence-corrected chi connectivity index (χ4v) is 4.60. The average Bonchev–Trinajstić information content (AvgIpc) is 3.40. The highest BCUT2D eigenvalue weighted by Gasteiger charge is 2.26. The van der Waals surface area contributed by atoms with Crippen molar-refractivity contribution >= 4 is 28.2 Å². The first-order valence-corrected chi connectivity index (χ1v) is 11.1. The molecule has 7 heteroatoms. The van der Waals surface area contributed by atoms with Crippen molar-refractivity contribution in [3.05, 3.63) is 64.5 Å². The van der Waals surface area contributed by atoms with Crippen LogP contribution in [-0.2, 0) is 17.6 Å². The molecule has 0 spiro atoms. The van der Waals surface area contributed by atoms with E-state index in [-0.39, 0.29) is 11.9 Å². The van der Waals surface area contributed by atoms with Crippen LogP contribution in [0.4, 0.5) is 0 Å². The number of aryl methyl sites for hydroxylation is 1. The Kier molecular flexibility index (Phi) is 5.04. The quantitative estimate of drug-likeness (QED) is 0.319. The highest BCUT2D eigenvalue weighted by atomic mass is 32.1.